The van der Waals surface area contributed by atoms with Crippen LogP contribution in [0.5, 0.6) is 5.75 Å². The van der Waals surface area contributed by atoms with Gasteiger partial charge in [0.15, 0.2) is 4.34 Å². The monoisotopic (exact) mass is 482 g/mol. The zero-order chi connectivity index (χ0) is 22.8. The molecule has 0 saturated heterocycles. The molecule has 0 aliphatic heterocycles. The maximum absolute atomic E-state index is 12.9. The summed E-state index contributed by atoms with van der Waals surface area (Å²) in [4.78, 5) is 12.9. The van der Waals surface area contributed by atoms with Crippen molar-refractivity contribution in [3.8, 4) is 5.75 Å². The molecule has 9 heteroatoms. The lowest BCUT2D eigenvalue weighted by Crippen LogP contribution is -2.22. The zero-order valence-electron chi connectivity index (χ0n) is 18.6. The van der Waals surface area contributed by atoms with Gasteiger partial charge in [0.2, 0.25) is 11.0 Å². The Morgan fingerprint density at radius 2 is 1.97 bits per heavy atom. The number of hydrogen-bond donors (Lipinski definition) is 2. The van der Waals surface area contributed by atoms with E-state index in [9.17, 15) is 4.79 Å². The Labute approximate surface area is 200 Å². The van der Waals surface area contributed by atoms with Crippen molar-refractivity contribution in [2.45, 2.75) is 54.7 Å². The number of nitrogens with zero attached hydrogens (tertiary/aromatic N) is 2. The van der Waals surface area contributed by atoms with Gasteiger partial charge in [0.25, 0.3) is 0 Å². The highest BCUT2D eigenvalue weighted by Crippen LogP contribution is 2.37. The molecule has 1 saturated carbocycles. The highest BCUT2D eigenvalue weighted by molar-refractivity contribution is 8.02. The first-order valence-electron chi connectivity index (χ1n) is 11.2. The van der Waals surface area contributed by atoms with E-state index in [1.165, 1.54) is 55.2 Å². The van der Waals surface area contributed by atoms with Gasteiger partial charge in [-0.2, -0.15) is 0 Å². The minimum absolute atomic E-state index is 0.134. The lowest BCUT2D eigenvalue weighted by atomic mass is 9.96. The normalized spacial score (nSPS) is 15.6. The number of furan rings is 1. The van der Waals surface area contributed by atoms with Gasteiger partial charge < -0.3 is 19.8 Å². The van der Waals surface area contributed by atoms with Crippen LogP contribution in [-0.4, -0.2) is 34.5 Å². The van der Waals surface area contributed by atoms with Crippen LogP contribution in [-0.2, 0) is 4.79 Å². The van der Waals surface area contributed by atoms with Crippen LogP contribution in [0.2, 0.25) is 0 Å². The van der Waals surface area contributed by atoms with Crippen molar-refractivity contribution < 1.29 is 13.9 Å². The standard InChI is InChI=1S/C24H26N4O3S2/c1-14(32-24-28-27-23(33-24)25-15-8-4-3-5-9-15)22(29)26-18-13-20-17(12-21(18)30-2)16-10-6-7-11-19(16)31-20/h6-7,10-15H,3-5,8-9H2,1-2H3,(H,25,27)(H,26,29). The van der Waals surface area contributed by atoms with Gasteiger partial charge in [-0.3, -0.25) is 4.79 Å². The third-order valence-electron chi connectivity index (χ3n) is 5.94. The number of benzene rings is 2. The number of amides is 1. The first kappa shape index (κ1) is 22.0. The van der Waals surface area contributed by atoms with Crippen LogP contribution in [0.15, 0.2) is 45.2 Å². The van der Waals surface area contributed by atoms with Crippen LogP contribution in [0.3, 0.4) is 0 Å². The first-order valence-corrected chi connectivity index (χ1v) is 12.9. The number of rotatable bonds is 7. The van der Waals surface area contributed by atoms with E-state index in [1.807, 2.05) is 43.3 Å². The summed E-state index contributed by atoms with van der Waals surface area (Å²) >= 11 is 2.90. The fraction of sp³-hybridized carbons (Fsp3) is 0.375. The van der Waals surface area contributed by atoms with E-state index < -0.39 is 0 Å². The summed E-state index contributed by atoms with van der Waals surface area (Å²) in [6.45, 7) is 1.86. The lowest BCUT2D eigenvalue weighted by molar-refractivity contribution is -0.115. The van der Waals surface area contributed by atoms with E-state index in [1.54, 1.807) is 7.11 Å². The lowest BCUT2D eigenvalue weighted by Gasteiger charge is -2.21. The second kappa shape index (κ2) is 9.61. The summed E-state index contributed by atoms with van der Waals surface area (Å²) in [5.74, 6) is 0.459. The molecule has 0 spiro atoms. The van der Waals surface area contributed by atoms with Crippen molar-refractivity contribution in [3.05, 3.63) is 36.4 Å². The first-order chi connectivity index (χ1) is 16.1. The number of nitrogens with one attached hydrogen (secondary N) is 2. The molecular formula is C24H26N4O3S2. The molecule has 1 amide bonds. The SMILES string of the molecule is COc1cc2c(cc1NC(=O)C(C)Sc1nnc(NC3CCCCC3)s1)oc1ccccc12. The van der Waals surface area contributed by atoms with Crippen LogP contribution in [0.1, 0.15) is 39.0 Å². The maximum Gasteiger partial charge on any atom is 0.237 e. The summed E-state index contributed by atoms with van der Waals surface area (Å²) in [5, 5.41) is 17.4. The average molecular weight is 483 g/mol. The number of thioether (sulfide) groups is 1. The maximum atomic E-state index is 12.9. The minimum atomic E-state index is -0.350. The van der Waals surface area contributed by atoms with E-state index in [2.05, 4.69) is 20.8 Å². The quantitative estimate of drug-likeness (QED) is 0.298. The Balaban J connectivity index is 1.27. The van der Waals surface area contributed by atoms with Crippen molar-refractivity contribution in [3.63, 3.8) is 0 Å². The molecule has 7 nitrogen and oxygen atoms in total. The Morgan fingerprint density at radius 1 is 1.15 bits per heavy atom. The summed E-state index contributed by atoms with van der Waals surface area (Å²) in [6, 6.07) is 12.1. The average Bonchev–Trinajstić information content (AvgIpc) is 3.42. The number of fused-ring (bicyclic) bond motifs is 3. The van der Waals surface area contributed by atoms with Crippen LogP contribution >= 0.6 is 23.1 Å². The smallest absolute Gasteiger partial charge is 0.237 e. The molecule has 1 fully saturated rings. The molecule has 0 radical (unpaired) electrons. The van der Waals surface area contributed by atoms with Gasteiger partial charge in [0.05, 0.1) is 18.0 Å². The number of methoxy groups -OCH3 is 1. The molecule has 33 heavy (non-hydrogen) atoms. The molecule has 2 aromatic carbocycles. The Kier molecular flexibility index (Phi) is 6.41. The predicted molar refractivity (Wildman–Crippen MR) is 135 cm³/mol. The fourth-order valence-electron chi connectivity index (χ4n) is 4.19. The number of para-hydroxylation sites is 1. The summed E-state index contributed by atoms with van der Waals surface area (Å²) in [5.41, 5.74) is 2.09. The van der Waals surface area contributed by atoms with Crippen molar-refractivity contribution in [2.75, 3.05) is 17.7 Å². The molecule has 2 heterocycles. The van der Waals surface area contributed by atoms with Crippen LogP contribution < -0.4 is 15.4 Å². The van der Waals surface area contributed by atoms with E-state index in [-0.39, 0.29) is 11.2 Å². The number of carbonyl (C=O) groups is 1. The van der Waals surface area contributed by atoms with Crippen molar-refractivity contribution in [2.24, 2.45) is 0 Å². The molecule has 0 bridgehead atoms. The number of ether oxygens (including phenoxy) is 1. The molecule has 2 aromatic heterocycles. The third kappa shape index (κ3) is 4.79. The molecule has 1 aliphatic rings. The van der Waals surface area contributed by atoms with Gasteiger partial charge in [0.1, 0.15) is 16.9 Å². The van der Waals surface area contributed by atoms with E-state index in [0.29, 0.717) is 23.1 Å². The van der Waals surface area contributed by atoms with Crippen molar-refractivity contribution in [1.82, 2.24) is 10.2 Å². The molecule has 5 rings (SSSR count). The molecule has 172 valence electrons. The fourth-order valence-corrected chi connectivity index (χ4v) is 6.17. The minimum Gasteiger partial charge on any atom is -0.495 e. The van der Waals surface area contributed by atoms with Crippen LogP contribution in [0, 0.1) is 0 Å². The highest BCUT2D eigenvalue weighted by Gasteiger charge is 2.21. The number of hydrogen-bond acceptors (Lipinski definition) is 8. The van der Waals surface area contributed by atoms with Gasteiger partial charge >= 0.3 is 0 Å². The largest absolute Gasteiger partial charge is 0.495 e. The van der Waals surface area contributed by atoms with Gasteiger partial charge in [-0.25, -0.2) is 0 Å². The summed E-state index contributed by atoms with van der Waals surface area (Å²) in [6.07, 6.45) is 6.20. The van der Waals surface area contributed by atoms with Crippen molar-refractivity contribution >= 4 is 61.8 Å². The Morgan fingerprint density at radius 3 is 2.79 bits per heavy atom. The number of carbonyl (C=O) groups excluding carboxylic acids is 1. The summed E-state index contributed by atoms with van der Waals surface area (Å²) in [7, 11) is 1.60. The number of anilines is 2. The van der Waals surface area contributed by atoms with Gasteiger partial charge in [-0.1, -0.05) is 60.6 Å². The summed E-state index contributed by atoms with van der Waals surface area (Å²) < 4.78 is 12.3. The Bertz CT molecular complexity index is 1280. The molecule has 1 atom stereocenters. The van der Waals surface area contributed by atoms with Gasteiger partial charge in [0, 0.05) is 22.9 Å². The van der Waals surface area contributed by atoms with Gasteiger partial charge in [-0.05, 0) is 31.9 Å². The van der Waals surface area contributed by atoms with Crippen molar-refractivity contribution in [1.29, 1.82) is 0 Å². The van der Waals surface area contributed by atoms with E-state index in [0.717, 1.165) is 25.8 Å². The Hall–Kier alpha value is -2.78. The number of aromatic nitrogens is 2. The molecular weight excluding hydrogens is 456 g/mol. The molecule has 1 aliphatic carbocycles. The van der Waals surface area contributed by atoms with Gasteiger partial charge in [-0.15, -0.1) is 10.2 Å². The molecule has 1 unspecified atom stereocenters. The van der Waals surface area contributed by atoms with E-state index in [4.69, 9.17) is 9.15 Å². The van der Waals surface area contributed by atoms with Crippen LogP contribution in [0.4, 0.5) is 10.8 Å². The van der Waals surface area contributed by atoms with Crippen LogP contribution in [0.25, 0.3) is 21.9 Å². The second-order valence-corrected chi connectivity index (χ2v) is 10.8. The molecule has 4 aromatic rings. The topological polar surface area (TPSA) is 89.3 Å². The second-order valence-electron chi connectivity index (χ2n) is 8.25. The molecule has 2 N–H and O–H groups in total. The zero-order valence-corrected chi connectivity index (χ0v) is 20.2. The predicted octanol–water partition coefficient (Wildman–Crippen LogP) is 6.31. The highest BCUT2D eigenvalue weighted by atomic mass is 32.2. The van der Waals surface area contributed by atoms with E-state index >= 15 is 0 Å². The third-order valence-corrected chi connectivity index (χ3v) is 7.98.